The van der Waals surface area contributed by atoms with Crippen LogP contribution < -0.4 is 5.32 Å². The fraction of sp³-hybridized carbons (Fsp3) is 0.917. The van der Waals surface area contributed by atoms with Gasteiger partial charge in [0.05, 0.1) is 5.54 Å². The first-order valence-corrected chi connectivity index (χ1v) is 5.78. The van der Waals surface area contributed by atoms with Gasteiger partial charge in [0.25, 0.3) is 0 Å². The smallest absolute Gasteiger partial charge is 0.149 e. The maximum atomic E-state index is 11.5. The maximum absolute atomic E-state index is 11.5. The van der Waals surface area contributed by atoms with Gasteiger partial charge in [0.1, 0.15) is 5.78 Å². The molecule has 0 aliphatic heterocycles. The van der Waals surface area contributed by atoms with Gasteiger partial charge in [-0.3, -0.25) is 4.79 Å². The average molecular weight is 197 g/mol. The zero-order valence-corrected chi connectivity index (χ0v) is 9.73. The second-order valence-corrected chi connectivity index (χ2v) is 4.85. The van der Waals surface area contributed by atoms with Crippen molar-refractivity contribution < 1.29 is 4.79 Å². The third-order valence-electron chi connectivity index (χ3n) is 3.75. The molecule has 1 N–H and O–H groups in total. The Morgan fingerprint density at radius 3 is 2.36 bits per heavy atom. The molecule has 2 heteroatoms. The number of hydrogen-bond acceptors (Lipinski definition) is 2. The number of ketones is 1. The minimum absolute atomic E-state index is 0.269. The molecular weight excluding hydrogens is 174 g/mol. The first-order valence-electron chi connectivity index (χ1n) is 5.78. The lowest BCUT2D eigenvalue weighted by Crippen LogP contribution is -2.47. The molecule has 1 rings (SSSR count). The Morgan fingerprint density at radius 1 is 1.36 bits per heavy atom. The van der Waals surface area contributed by atoms with Gasteiger partial charge in [0.15, 0.2) is 0 Å². The summed E-state index contributed by atoms with van der Waals surface area (Å²) in [6.45, 7) is 3.73. The van der Waals surface area contributed by atoms with Crippen LogP contribution >= 0.6 is 0 Å². The Labute approximate surface area is 87.5 Å². The quantitative estimate of drug-likeness (QED) is 0.750. The van der Waals surface area contributed by atoms with Crippen molar-refractivity contribution in [3.05, 3.63) is 0 Å². The van der Waals surface area contributed by atoms with Crippen LogP contribution in [-0.2, 0) is 4.79 Å². The van der Waals surface area contributed by atoms with E-state index in [1.54, 1.807) is 6.92 Å². The van der Waals surface area contributed by atoms with Gasteiger partial charge in [-0.1, -0.05) is 32.1 Å². The molecule has 82 valence electrons. The zero-order chi connectivity index (χ0) is 10.6. The van der Waals surface area contributed by atoms with Crippen molar-refractivity contribution in [2.75, 3.05) is 7.05 Å². The summed E-state index contributed by atoms with van der Waals surface area (Å²) in [5.41, 5.74) is -0.290. The fourth-order valence-electron chi connectivity index (χ4n) is 2.39. The monoisotopic (exact) mass is 197 g/mol. The third-order valence-corrected chi connectivity index (χ3v) is 3.75. The molecule has 0 heterocycles. The molecule has 1 unspecified atom stereocenters. The first kappa shape index (κ1) is 11.7. The van der Waals surface area contributed by atoms with Crippen molar-refractivity contribution in [2.24, 2.45) is 5.92 Å². The molecule has 0 saturated heterocycles. The van der Waals surface area contributed by atoms with Gasteiger partial charge in [-0.15, -0.1) is 0 Å². The number of rotatable bonds is 4. The van der Waals surface area contributed by atoms with Crippen molar-refractivity contribution in [1.82, 2.24) is 5.32 Å². The highest BCUT2D eigenvalue weighted by Gasteiger charge is 2.31. The van der Waals surface area contributed by atoms with Crippen LogP contribution in [0.1, 0.15) is 52.4 Å². The summed E-state index contributed by atoms with van der Waals surface area (Å²) in [5, 5.41) is 3.18. The predicted octanol–water partition coefficient (Wildman–Crippen LogP) is 2.52. The van der Waals surface area contributed by atoms with E-state index in [2.05, 4.69) is 5.32 Å². The number of carbonyl (C=O) groups excluding carboxylic acids is 1. The van der Waals surface area contributed by atoms with Crippen LogP contribution in [0.2, 0.25) is 0 Å². The second kappa shape index (κ2) is 4.92. The summed E-state index contributed by atoms with van der Waals surface area (Å²) in [5.74, 6) is 1.02. The van der Waals surface area contributed by atoms with E-state index in [-0.39, 0.29) is 11.3 Å². The topological polar surface area (TPSA) is 29.1 Å². The van der Waals surface area contributed by atoms with Crippen molar-refractivity contribution in [2.45, 2.75) is 57.9 Å². The van der Waals surface area contributed by atoms with Gasteiger partial charge in [-0.05, 0) is 33.2 Å². The highest BCUT2D eigenvalue weighted by atomic mass is 16.1. The number of hydrogen-bond donors (Lipinski definition) is 1. The Bertz CT molecular complexity index is 196. The molecule has 2 nitrogen and oxygen atoms in total. The van der Waals surface area contributed by atoms with E-state index in [0.717, 1.165) is 12.3 Å². The molecule has 1 saturated carbocycles. The molecule has 0 amide bonds. The fourth-order valence-corrected chi connectivity index (χ4v) is 2.39. The summed E-state index contributed by atoms with van der Waals surface area (Å²) < 4.78 is 0. The molecular formula is C12H23NO. The first-order chi connectivity index (χ1) is 6.58. The lowest BCUT2D eigenvalue weighted by molar-refractivity contribution is -0.123. The van der Waals surface area contributed by atoms with Gasteiger partial charge < -0.3 is 5.32 Å². The molecule has 14 heavy (non-hydrogen) atoms. The van der Waals surface area contributed by atoms with Crippen LogP contribution in [-0.4, -0.2) is 18.4 Å². The van der Waals surface area contributed by atoms with Crippen LogP contribution in [0.4, 0.5) is 0 Å². The largest absolute Gasteiger partial charge is 0.308 e. The van der Waals surface area contributed by atoms with E-state index in [1.165, 1.54) is 32.1 Å². The van der Waals surface area contributed by atoms with Gasteiger partial charge in [0, 0.05) is 0 Å². The highest BCUT2D eigenvalue weighted by Crippen LogP contribution is 2.30. The molecule has 1 atom stereocenters. The molecule has 0 radical (unpaired) electrons. The van der Waals surface area contributed by atoms with Gasteiger partial charge in [-0.2, -0.15) is 0 Å². The van der Waals surface area contributed by atoms with Crippen molar-refractivity contribution in [1.29, 1.82) is 0 Å². The molecule has 0 aromatic heterocycles. The average Bonchev–Trinajstić information content (AvgIpc) is 2.19. The number of nitrogens with one attached hydrogen (secondary N) is 1. The van der Waals surface area contributed by atoms with Crippen LogP contribution in [0.15, 0.2) is 0 Å². The van der Waals surface area contributed by atoms with Crippen molar-refractivity contribution in [3.8, 4) is 0 Å². The van der Waals surface area contributed by atoms with E-state index in [1.807, 2.05) is 14.0 Å². The van der Waals surface area contributed by atoms with Crippen LogP contribution in [0, 0.1) is 5.92 Å². The lowest BCUT2D eigenvalue weighted by Gasteiger charge is -2.32. The summed E-state index contributed by atoms with van der Waals surface area (Å²) >= 11 is 0. The maximum Gasteiger partial charge on any atom is 0.149 e. The molecule has 1 aliphatic rings. The molecule has 1 fully saturated rings. The molecule has 1 aliphatic carbocycles. The summed E-state index contributed by atoms with van der Waals surface area (Å²) in [7, 11) is 1.89. The Hall–Kier alpha value is -0.370. The summed E-state index contributed by atoms with van der Waals surface area (Å²) in [6.07, 6.45) is 7.71. The SMILES string of the molecule is CNC(C)(CC1CCCCC1)C(C)=O. The highest BCUT2D eigenvalue weighted by molar-refractivity contribution is 5.85. The van der Waals surface area contributed by atoms with Crippen LogP contribution in [0.3, 0.4) is 0 Å². The lowest BCUT2D eigenvalue weighted by atomic mass is 9.78. The van der Waals surface area contributed by atoms with Crippen molar-refractivity contribution >= 4 is 5.78 Å². The normalized spacial score (nSPS) is 23.1. The zero-order valence-electron chi connectivity index (χ0n) is 9.73. The van der Waals surface area contributed by atoms with E-state index in [0.29, 0.717) is 0 Å². The second-order valence-electron chi connectivity index (χ2n) is 4.85. The van der Waals surface area contributed by atoms with Crippen molar-refractivity contribution in [3.63, 3.8) is 0 Å². The molecule has 0 aromatic rings. The van der Waals surface area contributed by atoms with Gasteiger partial charge >= 0.3 is 0 Å². The van der Waals surface area contributed by atoms with E-state index >= 15 is 0 Å². The van der Waals surface area contributed by atoms with Gasteiger partial charge in [0.2, 0.25) is 0 Å². The number of Topliss-reactive ketones (excluding diaryl/α,β-unsaturated/α-hetero) is 1. The minimum Gasteiger partial charge on any atom is -0.308 e. The summed E-state index contributed by atoms with van der Waals surface area (Å²) in [6, 6.07) is 0. The number of likely N-dealkylation sites (N-methyl/N-ethyl adjacent to an activating group) is 1. The van der Waals surface area contributed by atoms with E-state index in [4.69, 9.17) is 0 Å². The van der Waals surface area contributed by atoms with Gasteiger partial charge in [-0.25, -0.2) is 0 Å². The standard InChI is InChI=1S/C12H23NO/c1-10(14)12(2,13-3)9-11-7-5-4-6-8-11/h11,13H,4-9H2,1-3H3. The Kier molecular flexibility index (Phi) is 4.11. The Morgan fingerprint density at radius 2 is 1.93 bits per heavy atom. The summed E-state index contributed by atoms with van der Waals surface area (Å²) in [4.78, 5) is 11.5. The van der Waals surface area contributed by atoms with Crippen LogP contribution in [0.25, 0.3) is 0 Å². The van der Waals surface area contributed by atoms with Crippen LogP contribution in [0.5, 0.6) is 0 Å². The minimum atomic E-state index is -0.290. The molecule has 0 bridgehead atoms. The molecule has 0 spiro atoms. The molecule has 0 aromatic carbocycles. The predicted molar refractivity (Wildman–Crippen MR) is 59.3 cm³/mol. The third kappa shape index (κ3) is 2.81. The Balaban J connectivity index is 2.50. The van der Waals surface area contributed by atoms with E-state index in [9.17, 15) is 4.79 Å². The van der Waals surface area contributed by atoms with E-state index < -0.39 is 0 Å². The number of carbonyl (C=O) groups is 1.